The van der Waals surface area contributed by atoms with Crippen LogP contribution in [0.4, 0.5) is 5.95 Å². The topological polar surface area (TPSA) is 95.8 Å². The molecule has 0 bridgehead atoms. The van der Waals surface area contributed by atoms with Crippen molar-refractivity contribution in [2.24, 2.45) is 5.29 Å². The monoisotopic (exact) mass is 182 g/mol. The first kappa shape index (κ1) is 9.04. The third-order valence-electron chi connectivity index (χ3n) is 1.17. The molecule has 1 aromatic rings. The maximum atomic E-state index is 10.2. The molecule has 0 radical (unpaired) electrons. The van der Waals surface area contributed by atoms with Gasteiger partial charge in [0.25, 0.3) is 0 Å². The highest BCUT2D eigenvalue weighted by molar-refractivity contribution is 5.72. The van der Waals surface area contributed by atoms with Gasteiger partial charge in [0.05, 0.1) is 5.29 Å². The van der Waals surface area contributed by atoms with E-state index in [2.05, 4.69) is 15.3 Å². The average Bonchev–Trinajstić information content (AvgIpc) is 2.15. The van der Waals surface area contributed by atoms with Crippen molar-refractivity contribution in [3.05, 3.63) is 23.4 Å². The summed E-state index contributed by atoms with van der Waals surface area (Å²) in [4.78, 5) is 27.7. The van der Waals surface area contributed by atoms with Crippen LogP contribution >= 0.6 is 0 Å². The van der Waals surface area contributed by atoms with E-state index in [1.54, 1.807) is 6.07 Å². The van der Waals surface area contributed by atoms with E-state index >= 15 is 0 Å². The van der Waals surface area contributed by atoms with E-state index in [1.807, 2.05) is 0 Å². The van der Waals surface area contributed by atoms with Crippen LogP contribution in [0.3, 0.4) is 0 Å². The number of hydrogen-bond donors (Lipinski definition) is 1. The van der Waals surface area contributed by atoms with Crippen LogP contribution in [0.25, 0.3) is 0 Å². The van der Waals surface area contributed by atoms with Gasteiger partial charge in [0.2, 0.25) is 5.95 Å². The van der Waals surface area contributed by atoms with Crippen LogP contribution in [0.2, 0.25) is 0 Å². The van der Waals surface area contributed by atoms with Crippen LogP contribution in [-0.2, 0) is 4.79 Å². The largest absolute Gasteiger partial charge is 0.480 e. The number of carbonyl (C=O) groups is 1. The fourth-order valence-electron chi connectivity index (χ4n) is 0.689. The van der Waals surface area contributed by atoms with Gasteiger partial charge in [-0.05, 0) is 6.07 Å². The van der Waals surface area contributed by atoms with Crippen LogP contribution in [0.1, 0.15) is 0 Å². The highest BCUT2D eigenvalue weighted by Gasteiger charge is 2.12. The van der Waals surface area contributed by atoms with Crippen LogP contribution in [-0.4, -0.2) is 27.6 Å². The van der Waals surface area contributed by atoms with Gasteiger partial charge in [-0.15, -0.1) is 4.91 Å². The van der Waals surface area contributed by atoms with Gasteiger partial charge in [-0.3, -0.25) is 4.79 Å². The summed E-state index contributed by atoms with van der Waals surface area (Å²) in [5.41, 5.74) is 0. The van der Waals surface area contributed by atoms with E-state index < -0.39 is 12.5 Å². The molecule has 1 rings (SSSR count). The first-order valence-electron chi connectivity index (χ1n) is 3.33. The lowest BCUT2D eigenvalue weighted by Crippen LogP contribution is -2.25. The number of aromatic nitrogens is 2. The fraction of sp³-hybridized carbons (Fsp3) is 0.167. The van der Waals surface area contributed by atoms with Gasteiger partial charge >= 0.3 is 5.97 Å². The standard InChI is InChI=1S/C6H6N4O3/c11-5(12)4-10(9-13)6-7-2-1-3-8-6/h1-3H,4H2,(H,11,12). The maximum Gasteiger partial charge on any atom is 0.325 e. The number of aliphatic carboxylic acids is 1. The Bertz CT molecular complexity index is 302. The molecule has 0 aromatic carbocycles. The normalized spacial score (nSPS) is 9.23. The van der Waals surface area contributed by atoms with Crippen molar-refractivity contribution in [1.82, 2.24) is 9.97 Å². The van der Waals surface area contributed by atoms with Gasteiger partial charge in [-0.2, -0.15) is 5.01 Å². The smallest absolute Gasteiger partial charge is 0.325 e. The fourth-order valence-corrected chi connectivity index (χ4v) is 0.689. The van der Waals surface area contributed by atoms with Crippen LogP contribution in [0, 0.1) is 4.91 Å². The Hall–Kier alpha value is -2.05. The van der Waals surface area contributed by atoms with Gasteiger partial charge in [-0.1, -0.05) is 0 Å². The van der Waals surface area contributed by atoms with Crippen molar-refractivity contribution in [2.45, 2.75) is 0 Å². The predicted octanol–water partition coefficient (Wildman–Crippen LogP) is 0.0490. The summed E-state index contributed by atoms with van der Waals surface area (Å²) >= 11 is 0. The summed E-state index contributed by atoms with van der Waals surface area (Å²) in [5.74, 6) is -1.20. The second-order valence-corrected chi connectivity index (χ2v) is 2.08. The third-order valence-corrected chi connectivity index (χ3v) is 1.17. The average molecular weight is 182 g/mol. The molecule has 0 aliphatic carbocycles. The highest BCUT2D eigenvalue weighted by atomic mass is 16.4. The number of carboxylic acids is 1. The Morgan fingerprint density at radius 3 is 2.62 bits per heavy atom. The second kappa shape index (κ2) is 4.10. The Kier molecular flexibility index (Phi) is 2.85. The number of rotatable bonds is 4. The van der Waals surface area contributed by atoms with Crippen molar-refractivity contribution < 1.29 is 9.90 Å². The van der Waals surface area contributed by atoms with Crippen molar-refractivity contribution >= 4 is 11.9 Å². The Morgan fingerprint density at radius 2 is 2.15 bits per heavy atom. The first-order valence-corrected chi connectivity index (χ1v) is 3.33. The molecule has 0 amide bonds. The van der Waals surface area contributed by atoms with Gasteiger partial charge in [0, 0.05) is 12.4 Å². The zero-order valence-electron chi connectivity index (χ0n) is 6.49. The van der Waals surface area contributed by atoms with Crippen molar-refractivity contribution in [3.8, 4) is 0 Å². The maximum absolute atomic E-state index is 10.2. The molecule has 0 saturated heterocycles. The van der Waals surface area contributed by atoms with Gasteiger partial charge in [-0.25, -0.2) is 9.97 Å². The molecule has 13 heavy (non-hydrogen) atoms. The van der Waals surface area contributed by atoms with E-state index in [0.717, 1.165) is 0 Å². The number of anilines is 1. The van der Waals surface area contributed by atoms with E-state index in [9.17, 15) is 9.70 Å². The minimum atomic E-state index is -1.17. The van der Waals surface area contributed by atoms with Crippen molar-refractivity contribution in [2.75, 3.05) is 11.6 Å². The summed E-state index contributed by atoms with van der Waals surface area (Å²) in [6, 6.07) is 1.55. The molecule has 0 fully saturated rings. The molecule has 7 heteroatoms. The molecule has 0 saturated carbocycles. The van der Waals surface area contributed by atoms with E-state index in [1.165, 1.54) is 12.4 Å². The molecule has 68 valence electrons. The number of nitroso groups, excluding NO2 is 1. The van der Waals surface area contributed by atoms with Crippen LogP contribution in [0.5, 0.6) is 0 Å². The minimum absolute atomic E-state index is 0.0279. The number of hydrogen-bond acceptors (Lipinski definition) is 5. The molecule has 0 atom stereocenters. The van der Waals surface area contributed by atoms with E-state index in [0.29, 0.717) is 5.01 Å². The summed E-state index contributed by atoms with van der Waals surface area (Å²) in [6.45, 7) is -0.548. The SMILES string of the molecule is O=NN(CC(=O)O)c1ncccn1. The quantitative estimate of drug-likeness (QED) is 0.522. The lowest BCUT2D eigenvalue weighted by molar-refractivity contribution is -0.135. The first-order chi connectivity index (χ1) is 6.24. The lowest BCUT2D eigenvalue weighted by atomic mass is 10.6. The van der Waals surface area contributed by atoms with Gasteiger partial charge in [0.1, 0.15) is 6.54 Å². The second-order valence-electron chi connectivity index (χ2n) is 2.08. The summed E-state index contributed by atoms with van der Waals surface area (Å²) < 4.78 is 0. The highest BCUT2D eigenvalue weighted by Crippen LogP contribution is 2.03. The molecule has 0 aliphatic heterocycles. The van der Waals surface area contributed by atoms with Crippen LogP contribution in [0.15, 0.2) is 23.7 Å². The van der Waals surface area contributed by atoms with Gasteiger partial charge in [0.15, 0.2) is 0 Å². The minimum Gasteiger partial charge on any atom is -0.480 e. The number of nitrogens with zero attached hydrogens (tertiary/aromatic N) is 4. The molecule has 1 N–H and O–H groups in total. The molecule has 0 unspecified atom stereocenters. The Morgan fingerprint density at radius 1 is 1.54 bits per heavy atom. The molecule has 1 aromatic heterocycles. The predicted molar refractivity (Wildman–Crippen MR) is 42.8 cm³/mol. The molecule has 0 spiro atoms. The number of carboxylic acid groups (broad SMARTS) is 1. The Balaban J connectivity index is 2.78. The van der Waals surface area contributed by atoms with Crippen molar-refractivity contribution in [1.29, 1.82) is 0 Å². The van der Waals surface area contributed by atoms with Gasteiger partial charge < -0.3 is 5.11 Å². The molecular formula is C6H6N4O3. The van der Waals surface area contributed by atoms with E-state index in [4.69, 9.17) is 5.11 Å². The summed E-state index contributed by atoms with van der Waals surface area (Å²) in [6.07, 6.45) is 2.78. The summed E-state index contributed by atoms with van der Waals surface area (Å²) in [7, 11) is 0. The van der Waals surface area contributed by atoms with Crippen LogP contribution < -0.4 is 5.01 Å². The molecule has 1 heterocycles. The zero-order chi connectivity index (χ0) is 9.68. The molecular weight excluding hydrogens is 176 g/mol. The summed E-state index contributed by atoms with van der Waals surface area (Å²) in [5, 5.41) is 11.5. The lowest BCUT2D eigenvalue weighted by Gasteiger charge is -2.08. The Labute approximate surface area is 73.0 Å². The molecule has 7 nitrogen and oxygen atoms in total. The van der Waals surface area contributed by atoms with Crippen molar-refractivity contribution in [3.63, 3.8) is 0 Å². The molecule has 0 aliphatic rings. The third kappa shape index (κ3) is 2.47. The van der Waals surface area contributed by atoms with E-state index in [-0.39, 0.29) is 5.95 Å². The zero-order valence-corrected chi connectivity index (χ0v) is 6.49.